The lowest BCUT2D eigenvalue weighted by Crippen LogP contribution is -2.13. The van der Waals surface area contributed by atoms with E-state index in [-0.39, 0.29) is 26.9 Å². The number of alkyl halides is 3. The number of nitriles is 1. The summed E-state index contributed by atoms with van der Waals surface area (Å²) < 4.78 is 92.6. The fourth-order valence-corrected chi connectivity index (χ4v) is 5.20. The Hall–Kier alpha value is -3.76. The zero-order valence-electron chi connectivity index (χ0n) is 17.1. The van der Waals surface area contributed by atoms with Crippen LogP contribution in [0.15, 0.2) is 71.0 Å². The maximum absolute atomic E-state index is 13.8. The highest BCUT2D eigenvalue weighted by molar-refractivity contribution is 7.90. The largest absolute Gasteiger partial charge is 0.419 e. The predicted octanol–water partition coefficient (Wildman–Crippen LogP) is 3.63. The van der Waals surface area contributed by atoms with Crippen LogP contribution in [0.25, 0.3) is 22.2 Å². The minimum atomic E-state index is -4.97. The molecule has 2 aromatic carbocycles. The number of aromatic nitrogens is 3. The van der Waals surface area contributed by atoms with Crippen LogP contribution in [0.4, 0.5) is 13.2 Å². The average molecular weight is 506 g/mol. The highest BCUT2D eigenvalue weighted by Gasteiger charge is 2.37. The highest BCUT2D eigenvalue weighted by atomic mass is 32.2. The first-order valence-corrected chi connectivity index (χ1v) is 12.7. The van der Waals surface area contributed by atoms with Gasteiger partial charge in [0.25, 0.3) is 10.0 Å². The van der Waals surface area contributed by atoms with Crippen LogP contribution in [-0.2, 0) is 26.0 Å². The molecule has 2 heterocycles. The third kappa shape index (κ3) is 4.02. The fourth-order valence-electron chi connectivity index (χ4n) is 3.32. The monoisotopic (exact) mass is 506 g/mol. The summed E-state index contributed by atoms with van der Waals surface area (Å²) in [7, 11) is -8.38. The van der Waals surface area contributed by atoms with E-state index in [4.69, 9.17) is 0 Å². The van der Waals surface area contributed by atoms with Crippen LogP contribution in [0, 0.1) is 11.3 Å². The highest BCUT2D eigenvalue weighted by Crippen LogP contribution is 2.40. The molecule has 0 aliphatic carbocycles. The minimum absolute atomic E-state index is 0.0159. The molecule has 174 valence electrons. The van der Waals surface area contributed by atoms with Crippen LogP contribution in [0.1, 0.15) is 11.1 Å². The molecule has 4 rings (SSSR count). The molecule has 0 atom stereocenters. The summed E-state index contributed by atoms with van der Waals surface area (Å²) >= 11 is 0. The summed E-state index contributed by atoms with van der Waals surface area (Å²) in [6, 6.07) is 12.8. The van der Waals surface area contributed by atoms with Gasteiger partial charge in [0.1, 0.15) is 5.56 Å². The van der Waals surface area contributed by atoms with Crippen molar-refractivity contribution >= 4 is 30.8 Å². The zero-order chi connectivity index (χ0) is 24.9. The maximum atomic E-state index is 13.8. The number of rotatable bonds is 4. The first-order valence-electron chi connectivity index (χ1n) is 9.34. The third-order valence-electron chi connectivity index (χ3n) is 4.86. The molecular formula is C21H13F3N4O4S2. The zero-order valence-corrected chi connectivity index (χ0v) is 18.8. The molecule has 0 amide bonds. The molecular weight excluding hydrogens is 493 g/mol. The lowest BCUT2D eigenvalue weighted by atomic mass is 10.0. The van der Waals surface area contributed by atoms with E-state index in [1.807, 2.05) is 6.07 Å². The molecule has 8 nitrogen and oxygen atoms in total. The first-order chi connectivity index (χ1) is 15.8. The van der Waals surface area contributed by atoms with Crippen molar-refractivity contribution in [3.63, 3.8) is 0 Å². The summed E-state index contributed by atoms with van der Waals surface area (Å²) in [5.41, 5.74) is -2.46. The first kappa shape index (κ1) is 23.4. The van der Waals surface area contributed by atoms with E-state index in [2.05, 4.69) is 9.97 Å². The third-order valence-corrected chi connectivity index (χ3v) is 7.41. The van der Waals surface area contributed by atoms with Crippen LogP contribution in [0.5, 0.6) is 0 Å². The second kappa shape index (κ2) is 7.93. The van der Waals surface area contributed by atoms with Gasteiger partial charge in [-0.2, -0.15) is 18.4 Å². The smallest absolute Gasteiger partial charge is 0.240 e. The van der Waals surface area contributed by atoms with Gasteiger partial charge in [-0.05, 0) is 24.3 Å². The van der Waals surface area contributed by atoms with E-state index in [0.717, 1.165) is 16.4 Å². The van der Waals surface area contributed by atoms with Gasteiger partial charge in [-0.15, -0.1) is 0 Å². The van der Waals surface area contributed by atoms with Crippen LogP contribution < -0.4 is 0 Å². The fraction of sp³-hybridized carbons (Fsp3) is 0.0952. The topological polar surface area (TPSA) is 123 Å². The van der Waals surface area contributed by atoms with E-state index in [1.54, 1.807) is 6.07 Å². The van der Waals surface area contributed by atoms with Crippen molar-refractivity contribution in [1.29, 1.82) is 5.26 Å². The standard InChI is InChI=1S/C21H13F3N4O4S2/c1-33(29,30)20-26-11-17(21(22,23)24)19(27-20)16-12-28(18-9-13(10-25)7-8-15(16)18)34(31,32)14-5-3-2-4-6-14/h2-9,11-12H,1H3. The molecule has 0 fully saturated rings. The summed E-state index contributed by atoms with van der Waals surface area (Å²) in [6.45, 7) is 0. The molecule has 0 saturated heterocycles. The van der Waals surface area contributed by atoms with E-state index >= 15 is 0 Å². The Kier molecular flexibility index (Phi) is 5.46. The summed E-state index contributed by atoms with van der Waals surface area (Å²) in [5.74, 6) is 0. The van der Waals surface area contributed by atoms with Crippen LogP contribution in [0.3, 0.4) is 0 Å². The summed E-state index contributed by atoms with van der Waals surface area (Å²) in [5, 5.41) is 8.43. The van der Waals surface area contributed by atoms with Gasteiger partial charge in [0, 0.05) is 29.6 Å². The van der Waals surface area contributed by atoms with Gasteiger partial charge in [-0.3, -0.25) is 0 Å². The van der Waals surface area contributed by atoms with E-state index < -0.39 is 42.5 Å². The SMILES string of the molecule is CS(=O)(=O)c1ncc(C(F)(F)F)c(-c2cn(S(=O)(=O)c3ccccc3)c3cc(C#N)ccc23)n1. The molecule has 34 heavy (non-hydrogen) atoms. The van der Waals surface area contributed by atoms with Gasteiger partial charge in [0.15, 0.2) is 0 Å². The molecule has 2 aromatic heterocycles. The molecule has 4 aromatic rings. The number of hydrogen-bond acceptors (Lipinski definition) is 7. The lowest BCUT2D eigenvalue weighted by Gasteiger charge is -2.12. The second-order valence-electron chi connectivity index (χ2n) is 7.19. The van der Waals surface area contributed by atoms with Gasteiger partial charge >= 0.3 is 6.18 Å². The average Bonchev–Trinajstić information content (AvgIpc) is 3.17. The van der Waals surface area contributed by atoms with Crippen molar-refractivity contribution in [3.05, 3.63) is 72.1 Å². The Labute approximate surface area is 191 Å². The quantitative estimate of drug-likeness (QED) is 0.387. The van der Waals surface area contributed by atoms with Crippen LogP contribution in [0.2, 0.25) is 0 Å². The maximum Gasteiger partial charge on any atom is 0.419 e. The van der Waals surface area contributed by atoms with E-state index in [0.29, 0.717) is 6.20 Å². The Morgan fingerprint density at radius 2 is 1.71 bits per heavy atom. The van der Waals surface area contributed by atoms with Crippen LogP contribution >= 0.6 is 0 Å². The van der Waals surface area contributed by atoms with Crippen LogP contribution in [-0.4, -0.2) is 37.0 Å². The molecule has 0 spiro atoms. The second-order valence-corrected chi connectivity index (χ2v) is 10.9. The van der Waals surface area contributed by atoms with Gasteiger partial charge in [0.05, 0.1) is 27.7 Å². The number of benzene rings is 2. The van der Waals surface area contributed by atoms with Crippen molar-refractivity contribution in [3.8, 4) is 17.3 Å². The van der Waals surface area contributed by atoms with Gasteiger partial charge in [-0.1, -0.05) is 24.3 Å². The Balaban J connectivity index is 2.13. The van der Waals surface area contributed by atoms with Crippen molar-refractivity contribution in [2.45, 2.75) is 16.2 Å². The van der Waals surface area contributed by atoms with Gasteiger partial charge in [0.2, 0.25) is 15.0 Å². The molecule has 0 N–H and O–H groups in total. The van der Waals surface area contributed by atoms with E-state index in [9.17, 15) is 35.3 Å². The number of halogens is 3. The Bertz CT molecular complexity index is 1690. The molecule has 13 heteroatoms. The molecule has 0 aliphatic rings. The molecule has 0 bridgehead atoms. The molecule has 0 saturated carbocycles. The number of hydrogen-bond donors (Lipinski definition) is 0. The van der Waals surface area contributed by atoms with Gasteiger partial charge in [-0.25, -0.2) is 30.8 Å². The summed E-state index contributed by atoms with van der Waals surface area (Å²) in [4.78, 5) is 6.83. The number of sulfone groups is 1. The van der Waals surface area contributed by atoms with E-state index in [1.165, 1.54) is 42.5 Å². The lowest BCUT2D eigenvalue weighted by molar-refractivity contribution is -0.137. The summed E-state index contributed by atoms with van der Waals surface area (Å²) in [6.07, 6.45) is -2.96. The molecule has 0 radical (unpaired) electrons. The number of nitrogens with zero attached hydrogens (tertiary/aromatic N) is 4. The normalized spacial score (nSPS) is 12.6. The van der Waals surface area contributed by atoms with Crippen molar-refractivity contribution < 1.29 is 30.0 Å². The Morgan fingerprint density at radius 3 is 2.29 bits per heavy atom. The van der Waals surface area contributed by atoms with Crippen molar-refractivity contribution in [2.75, 3.05) is 6.26 Å². The minimum Gasteiger partial charge on any atom is -0.240 e. The predicted molar refractivity (Wildman–Crippen MR) is 115 cm³/mol. The van der Waals surface area contributed by atoms with Crippen molar-refractivity contribution in [2.24, 2.45) is 0 Å². The van der Waals surface area contributed by atoms with Gasteiger partial charge < -0.3 is 0 Å². The molecule has 0 aliphatic heterocycles. The van der Waals surface area contributed by atoms with Crippen molar-refractivity contribution in [1.82, 2.24) is 13.9 Å². The Morgan fingerprint density at radius 1 is 1.03 bits per heavy atom. The number of fused-ring (bicyclic) bond motifs is 1. The molecule has 0 unspecified atom stereocenters.